The van der Waals surface area contributed by atoms with Crippen molar-refractivity contribution in [2.45, 2.75) is 45.6 Å². The highest BCUT2D eigenvalue weighted by molar-refractivity contribution is 5.70. The minimum absolute atomic E-state index is 0.0557. The van der Waals surface area contributed by atoms with Crippen molar-refractivity contribution < 1.29 is 14.6 Å². The largest absolute Gasteiger partial charge is 0.469 e. The molecule has 0 saturated carbocycles. The van der Waals surface area contributed by atoms with Crippen LogP contribution in [-0.4, -0.2) is 23.8 Å². The molecule has 0 radical (unpaired) electrons. The first-order valence-corrected chi connectivity index (χ1v) is 4.80. The summed E-state index contributed by atoms with van der Waals surface area (Å²) in [6.45, 7) is 5.67. The molecule has 0 aromatic rings. The number of carbonyl (C=O) groups is 1. The number of allylic oxidation sites excluding steroid dienone is 2. The molecule has 0 aromatic heterocycles. The van der Waals surface area contributed by atoms with Gasteiger partial charge in [-0.05, 0) is 33.6 Å². The standard InChI is InChI=1S/C11H20O3/c1-9(2)6-5-7-11(3,13)8-10(12)14-4/h6,13H,5,7-8H2,1-4H3. The molecule has 3 heteroatoms. The minimum atomic E-state index is -0.959. The first-order chi connectivity index (χ1) is 6.37. The van der Waals surface area contributed by atoms with E-state index < -0.39 is 5.60 Å². The van der Waals surface area contributed by atoms with Crippen LogP contribution in [0, 0.1) is 0 Å². The number of hydrogen-bond acceptors (Lipinski definition) is 3. The van der Waals surface area contributed by atoms with Crippen LogP contribution in [0.1, 0.15) is 40.0 Å². The number of esters is 1. The topological polar surface area (TPSA) is 46.5 Å². The Hall–Kier alpha value is -0.830. The number of ether oxygens (including phenoxy) is 1. The first-order valence-electron chi connectivity index (χ1n) is 4.80. The summed E-state index contributed by atoms with van der Waals surface area (Å²) in [7, 11) is 1.33. The summed E-state index contributed by atoms with van der Waals surface area (Å²) < 4.78 is 4.50. The predicted octanol–water partition coefficient (Wildman–Crippen LogP) is 2.05. The highest BCUT2D eigenvalue weighted by atomic mass is 16.5. The SMILES string of the molecule is COC(=O)CC(C)(O)CCC=C(C)C. The maximum atomic E-state index is 10.9. The molecule has 0 heterocycles. The third kappa shape index (κ3) is 6.66. The normalized spacial score (nSPS) is 14.4. The molecule has 1 N–H and O–H groups in total. The van der Waals surface area contributed by atoms with Crippen LogP contribution in [0.4, 0.5) is 0 Å². The molecule has 82 valence electrons. The van der Waals surface area contributed by atoms with E-state index in [-0.39, 0.29) is 12.4 Å². The second-order valence-corrected chi connectivity index (χ2v) is 4.07. The number of carbonyl (C=O) groups excluding carboxylic acids is 1. The lowest BCUT2D eigenvalue weighted by atomic mass is 9.96. The molecule has 0 spiro atoms. The van der Waals surface area contributed by atoms with Crippen molar-refractivity contribution in [3.05, 3.63) is 11.6 Å². The molecule has 0 aliphatic heterocycles. The Balaban J connectivity index is 3.95. The smallest absolute Gasteiger partial charge is 0.308 e. The molecule has 1 unspecified atom stereocenters. The molecule has 0 rings (SSSR count). The van der Waals surface area contributed by atoms with Gasteiger partial charge in [-0.2, -0.15) is 0 Å². The zero-order chi connectivity index (χ0) is 11.2. The maximum absolute atomic E-state index is 10.9. The van der Waals surface area contributed by atoms with Crippen LogP contribution in [0.25, 0.3) is 0 Å². The van der Waals surface area contributed by atoms with Crippen molar-refractivity contribution in [3.63, 3.8) is 0 Å². The lowest BCUT2D eigenvalue weighted by molar-refractivity contribution is -0.145. The van der Waals surface area contributed by atoms with Crippen LogP contribution in [0.2, 0.25) is 0 Å². The second-order valence-electron chi connectivity index (χ2n) is 4.07. The lowest BCUT2D eigenvalue weighted by Gasteiger charge is -2.20. The Labute approximate surface area is 85.8 Å². The zero-order valence-corrected chi connectivity index (χ0v) is 9.46. The average Bonchev–Trinajstić information content (AvgIpc) is 2.02. The Morgan fingerprint density at radius 1 is 1.50 bits per heavy atom. The van der Waals surface area contributed by atoms with Gasteiger partial charge in [0.15, 0.2) is 0 Å². The molecular weight excluding hydrogens is 180 g/mol. The monoisotopic (exact) mass is 200 g/mol. The predicted molar refractivity (Wildman–Crippen MR) is 55.9 cm³/mol. The van der Waals surface area contributed by atoms with Gasteiger partial charge in [0.05, 0.1) is 19.1 Å². The first kappa shape index (κ1) is 13.2. The Bertz CT molecular complexity index is 213. The summed E-state index contributed by atoms with van der Waals surface area (Å²) in [5, 5.41) is 9.80. The second kappa shape index (κ2) is 5.81. The fourth-order valence-corrected chi connectivity index (χ4v) is 1.14. The van der Waals surface area contributed by atoms with E-state index in [1.807, 2.05) is 19.9 Å². The molecule has 0 aliphatic carbocycles. The van der Waals surface area contributed by atoms with Crippen molar-refractivity contribution in [1.82, 2.24) is 0 Å². The lowest BCUT2D eigenvalue weighted by Crippen LogP contribution is -2.28. The van der Waals surface area contributed by atoms with Gasteiger partial charge in [-0.15, -0.1) is 0 Å². The van der Waals surface area contributed by atoms with Crippen molar-refractivity contribution in [2.75, 3.05) is 7.11 Å². The van der Waals surface area contributed by atoms with Crippen LogP contribution in [0.3, 0.4) is 0 Å². The highest BCUT2D eigenvalue weighted by Gasteiger charge is 2.23. The van der Waals surface area contributed by atoms with Crippen molar-refractivity contribution in [3.8, 4) is 0 Å². The Morgan fingerprint density at radius 2 is 2.07 bits per heavy atom. The van der Waals surface area contributed by atoms with Gasteiger partial charge in [0.25, 0.3) is 0 Å². The zero-order valence-electron chi connectivity index (χ0n) is 9.46. The molecule has 0 bridgehead atoms. The van der Waals surface area contributed by atoms with Gasteiger partial charge < -0.3 is 9.84 Å². The minimum Gasteiger partial charge on any atom is -0.469 e. The molecule has 0 saturated heterocycles. The van der Waals surface area contributed by atoms with Gasteiger partial charge in [-0.1, -0.05) is 11.6 Å². The molecular formula is C11H20O3. The third-order valence-electron chi connectivity index (χ3n) is 1.99. The quantitative estimate of drug-likeness (QED) is 0.545. The van der Waals surface area contributed by atoms with Gasteiger partial charge in [-0.3, -0.25) is 4.79 Å². The van der Waals surface area contributed by atoms with Gasteiger partial charge in [0, 0.05) is 0 Å². The Morgan fingerprint density at radius 3 is 2.50 bits per heavy atom. The summed E-state index contributed by atoms with van der Waals surface area (Å²) in [5.41, 5.74) is 0.262. The van der Waals surface area contributed by atoms with E-state index in [0.29, 0.717) is 6.42 Å². The van der Waals surface area contributed by atoms with E-state index in [9.17, 15) is 9.90 Å². The van der Waals surface area contributed by atoms with Crippen LogP contribution >= 0.6 is 0 Å². The molecule has 0 aliphatic rings. The van der Waals surface area contributed by atoms with E-state index in [2.05, 4.69) is 4.74 Å². The summed E-state index contributed by atoms with van der Waals surface area (Å²) in [6.07, 6.45) is 3.46. The van der Waals surface area contributed by atoms with Crippen molar-refractivity contribution >= 4 is 5.97 Å². The van der Waals surface area contributed by atoms with Crippen LogP contribution < -0.4 is 0 Å². The third-order valence-corrected chi connectivity index (χ3v) is 1.99. The summed E-state index contributed by atoms with van der Waals surface area (Å²) in [5.74, 6) is -0.368. The van der Waals surface area contributed by atoms with Gasteiger partial charge in [-0.25, -0.2) is 0 Å². The van der Waals surface area contributed by atoms with E-state index in [0.717, 1.165) is 6.42 Å². The van der Waals surface area contributed by atoms with Crippen molar-refractivity contribution in [2.24, 2.45) is 0 Å². The highest BCUT2D eigenvalue weighted by Crippen LogP contribution is 2.18. The van der Waals surface area contributed by atoms with E-state index >= 15 is 0 Å². The molecule has 3 nitrogen and oxygen atoms in total. The number of aliphatic hydroxyl groups is 1. The summed E-state index contributed by atoms with van der Waals surface area (Å²) in [4.78, 5) is 10.9. The maximum Gasteiger partial charge on any atom is 0.308 e. The molecule has 0 amide bonds. The van der Waals surface area contributed by atoms with Gasteiger partial charge >= 0.3 is 5.97 Å². The fourth-order valence-electron chi connectivity index (χ4n) is 1.14. The van der Waals surface area contributed by atoms with E-state index in [1.54, 1.807) is 6.92 Å². The molecule has 1 atom stereocenters. The number of rotatable bonds is 5. The number of hydrogen-bond donors (Lipinski definition) is 1. The van der Waals surface area contributed by atoms with Crippen LogP contribution in [0.5, 0.6) is 0 Å². The molecule has 0 aromatic carbocycles. The molecule has 0 fully saturated rings. The van der Waals surface area contributed by atoms with E-state index in [1.165, 1.54) is 12.7 Å². The fraction of sp³-hybridized carbons (Fsp3) is 0.727. The Kier molecular flexibility index (Phi) is 5.46. The van der Waals surface area contributed by atoms with Crippen LogP contribution in [-0.2, 0) is 9.53 Å². The number of methoxy groups -OCH3 is 1. The molecule has 14 heavy (non-hydrogen) atoms. The average molecular weight is 200 g/mol. The summed E-state index contributed by atoms with van der Waals surface area (Å²) >= 11 is 0. The van der Waals surface area contributed by atoms with Gasteiger partial charge in [0.1, 0.15) is 0 Å². The van der Waals surface area contributed by atoms with Gasteiger partial charge in [0.2, 0.25) is 0 Å². The van der Waals surface area contributed by atoms with E-state index in [4.69, 9.17) is 0 Å². The summed E-state index contributed by atoms with van der Waals surface area (Å²) in [6, 6.07) is 0. The van der Waals surface area contributed by atoms with Crippen molar-refractivity contribution in [1.29, 1.82) is 0 Å². The van der Waals surface area contributed by atoms with Crippen LogP contribution in [0.15, 0.2) is 11.6 Å².